The first kappa shape index (κ1) is 15.8. The molecule has 2 N–H and O–H groups in total. The largest absolute Gasteiger partial charge is 0.327 e. The van der Waals surface area contributed by atoms with Crippen LogP contribution in [0.1, 0.15) is 19.8 Å². The highest BCUT2D eigenvalue weighted by Gasteiger charge is 2.37. The molecule has 2 aromatic heterocycles. The molecule has 1 fully saturated rings. The number of hydrogen-bond acceptors (Lipinski definition) is 5. The highest BCUT2D eigenvalue weighted by atomic mass is 32.2. The van der Waals surface area contributed by atoms with Crippen molar-refractivity contribution in [3.8, 4) is 0 Å². The Kier molecular flexibility index (Phi) is 3.60. The zero-order valence-corrected chi connectivity index (χ0v) is 13.1. The van der Waals surface area contributed by atoms with Crippen LogP contribution in [0, 0.1) is 0 Å². The van der Waals surface area contributed by atoms with Crippen molar-refractivity contribution in [1.82, 2.24) is 19.3 Å². The first-order chi connectivity index (χ1) is 10.7. The van der Waals surface area contributed by atoms with Crippen molar-refractivity contribution in [2.45, 2.75) is 30.3 Å². The number of pyridine rings is 1. The van der Waals surface area contributed by atoms with Gasteiger partial charge in [-0.25, -0.2) is 22.6 Å². The van der Waals surface area contributed by atoms with Crippen LogP contribution in [0.5, 0.6) is 0 Å². The molecule has 3 rings (SSSR count). The second-order valence-electron chi connectivity index (χ2n) is 5.83. The zero-order chi connectivity index (χ0) is 16.8. The Morgan fingerprint density at radius 2 is 2.09 bits per heavy atom. The van der Waals surface area contributed by atoms with Crippen molar-refractivity contribution in [2.75, 3.05) is 13.1 Å². The number of sulfonamides is 1. The van der Waals surface area contributed by atoms with Crippen molar-refractivity contribution >= 4 is 21.1 Å². The molecule has 23 heavy (non-hydrogen) atoms. The average Bonchev–Trinajstić information content (AvgIpc) is 2.45. The van der Waals surface area contributed by atoms with E-state index in [4.69, 9.17) is 0 Å². The van der Waals surface area contributed by atoms with Crippen LogP contribution in [-0.2, 0) is 10.0 Å². The van der Waals surface area contributed by atoms with Crippen LogP contribution >= 0.6 is 0 Å². The molecule has 0 aromatic carbocycles. The van der Waals surface area contributed by atoms with E-state index >= 15 is 0 Å². The van der Waals surface area contributed by atoms with Crippen LogP contribution in [0.4, 0.5) is 4.39 Å². The number of aromatic nitrogens is 3. The molecule has 0 radical (unpaired) electrons. The molecule has 3 heterocycles. The van der Waals surface area contributed by atoms with Gasteiger partial charge < -0.3 is 0 Å². The summed E-state index contributed by atoms with van der Waals surface area (Å²) in [6.07, 6.45) is 1.77. The van der Waals surface area contributed by atoms with Gasteiger partial charge >= 0.3 is 5.69 Å². The van der Waals surface area contributed by atoms with Gasteiger partial charge in [-0.1, -0.05) is 0 Å². The van der Waals surface area contributed by atoms with E-state index in [1.54, 1.807) is 0 Å². The van der Waals surface area contributed by atoms with Crippen molar-refractivity contribution < 1.29 is 12.8 Å². The Labute approximate surface area is 130 Å². The minimum atomic E-state index is -3.97. The number of piperidine rings is 1. The standard InChI is InChI=1S/C13H15FN4O4S/c1-13(14)3-2-4-18(7-13)23(21,22)8-5-9-10(15-6-8)16-12(20)17-11(9)19/h5-6H,2-4,7H2,1H3,(H2,15,16,17,19,20). The van der Waals surface area contributed by atoms with Gasteiger partial charge in [0.25, 0.3) is 5.56 Å². The molecule has 0 amide bonds. The molecule has 10 heteroatoms. The van der Waals surface area contributed by atoms with E-state index < -0.39 is 26.9 Å². The molecule has 1 atom stereocenters. The van der Waals surface area contributed by atoms with Crippen molar-refractivity contribution in [3.63, 3.8) is 0 Å². The number of H-pyrrole nitrogens is 2. The van der Waals surface area contributed by atoms with Gasteiger partial charge in [0.2, 0.25) is 10.0 Å². The Morgan fingerprint density at radius 3 is 2.78 bits per heavy atom. The summed E-state index contributed by atoms with van der Waals surface area (Å²) >= 11 is 0. The van der Waals surface area contributed by atoms with Gasteiger partial charge in [0.15, 0.2) is 0 Å². The summed E-state index contributed by atoms with van der Waals surface area (Å²) in [6.45, 7) is 1.33. The monoisotopic (exact) mass is 342 g/mol. The van der Waals surface area contributed by atoms with E-state index in [0.717, 1.165) is 16.6 Å². The number of nitrogens with one attached hydrogen (secondary N) is 2. The van der Waals surface area contributed by atoms with E-state index in [0.29, 0.717) is 12.8 Å². The van der Waals surface area contributed by atoms with Gasteiger partial charge in [-0.2, -0.15) is 4.31 Å². The topological polar surface area (TPSA) is 116 Å². The number of nitrogens with zero attached hydrogens (tertiary/aromatic N) is 2. The van der Waals surface area contributed by atoms with Gasteiger partial charge in [-0.15, -0.1) is 0 Å². The van der Waals surface area contributed by atoms with Gasteiger partial charge in [0.05, 0.1) is 5.39 Å². The Morgan fingerprint density at radius 1 is 1.35 bits per heavy atom. The Balaban J connectivity index is 2.08. The first-order valence-corrected chi connectivity index (χ1v) is 8.44. The summed E-state index contributed by atoms with van der Waals surface area (Å²) in [5.74, 6) is 0. The van der Waals surface area contributed by atoms with Crippen LogP contribution in [0.25, 0.3) is 11.0 Å². The summed E-state index contributed by atoms with van der Waals surface area (Å²) in [5.41, 5.74) is -3.05. The maximum atomic E-state index is 14.1. The van der Waals surface area contributed by atoms with Gasteiger partial charge in [-0.05, 0) is 25.8 Å². The van der Waals surface area contributed by atoms with Crippen LogP contribution < -0.4 is 11.2 Å². The van der Waals surface area contributed by atoms with Crippen LogP contribution in [0.3, 0.4) is 0 Å². The highest BCUT2D eigenvalue weighted by Crippen LogP contribution is 2.28. The summed E-state index contributed by atoms with van der Waals surface area (Å²) in [5, 5.41) is -0.0503. The minimum Gasteiger partial charge on any atom is -0.291 e. The number of fused-ring (bicyclic) bond motifs is 1. The van der Waals surface area contributed by atoms with Crippen LogP contribution in [0.2, 0.25) is 0 Å². The smallest absolute Gasteiger partial charge is 0.291 e. The molecule has 0 spiro atoms. The van der Waals surface area contributed by atoms with Crippen molar-refractivity contribution in [2.24, 2.45) is 0 Å². The summed E-state index contributed by atoms with van der Waals surface area (Å²) in [7, 11) is -3.97. The quantitative estimate of drug-likeness (QED) is 0.804. The van der Waals surface area contributed by atoms with Gasteiger partial charge in [0, 0.05) is 19.3 Å². The van der Waals surface area contributed by atoms with E-state index in [1.165, 1.54) is 6.92 Å². The molecule has 1 aliphatic heterocycles. The second-order valence-corrected chi connectivity index (χ2v) is 7.77. The third-order valence-corrected chi connectivity index (χ3v) is 5.63. The lowest BCUT2D eigenvalue weighted by molar-refractivity contribution is 0.102. The molecule has 2 aromatic rings. The molecule has 1 aliphatic rings. The fourth-order valence-corrected chi connectivity index (χ4v) is 4.23. The molecule has 0 aliphatic carbocycles. The van der Waals surface area contributed by atoms with E-state index in [9.17, 15) is 22.4 Å². The molecule has 0 bridgehead atoms. The fourth-order valence-electron chi connectivity index (χ4n) is 2.67. The fraction of sp³-hybridized carbons (Fsp3) is 0.462. The van der Waals surface area contributed by atoms with Crippen LogP contribution in [0.15, 0.2) is 26.7 Å². The predicted molar refractivity (Wildman–Crippen MR) is 80.5 cm³/mol. The molecular weight excluding hydrogens is 327 g/mol. The zero-order valence-electron chi connectivity index (χ0n) is 12.3. The third kappa shape index (κ3) is 2.91. The maximum absolute atomic E-state index is 14.1. The predicted octanol–water partition coefficient (Wildman–Crippen LogP) is 0.124. The third-order valence-electron chi connectivity index (χ3n) is 3.82. The van der Waals surface area contributed by atoms with Crippen molar-refractivity contribution in [3.05, 3.63) is 33.1 Å². The number of alkyl halides is 1. The summed E-state index contributed by atoms with van der Waals surface area (Å²) in [4.78, 5) is 30.9. The Bertz CT molecular complexity index is 979. The lowest BCUT2D eigenvalue weighted by Crippen LogP contribution is -2.46. The number of halogens is 1. The lowest BCUT2D eigenvalue weighted by atomic mass is 9.99. The Hall–Kier alpha value is -2.07. The normalized spacial score (nSPS) is 23.2. The second kappa shape index (κ2) is 5.24. The van der Waals surface area contributed by atoms with Crippen molar-refractivity contribution in [1.29, 1.82) is 0 Å². The number of hydrogen-bond donors (Lipinski definition) is 2. The number of aromatic amines is 2. The van der Waals surface area contributed by atoms with E-state index in [2.05, 4.69) is 9.97 Å². The first-order valence-electron chi connectivity index (χ1n) is 7.00. The molecule has 1 saturated heterocycles. The van der Waals surface area contributed by atoms with Crippen LogP contribution in [-0.4, -0.2) is 46.4 Å². The van der Waals surface area contributed by atoms with E-state index in [-0.39, 0.29) is 29.0 Å². The molecule has 0 saturated carbocycles. The van der Waals surface area contributed by atoms with Gasteiger partial charge in [0.1, 0.15) is 16.2 Å². The molecule has 124 valence electrons. The van der Waals surface area contributed by atoms with E-state index in [1.807, 2.05) is 4.98 Å². The minimum absolute atomic E-state index is 0.00771. The number of rotatable bonds is 2. The van der Waals surface area contributed by atoms with Gasteiger partial charge in [-0.3, -0.25) is 14.8 Å². The average molecular weight is 342 g/mol. The molecule has 8 nitrogen and oxygen atoms in total. The summed E-state index contributed by atoms with van der Waals surface area (Å²) in [6, 6.07) is 1.14. The summed E-state index contributed by atoms with van der Waals surface area (Å²) < 4.78 is 40.4. The molecule has 1 unspecified atom stereocenters. The highest BCUT2D eigenvalue weighted by molar-refractivity contribution is 7.89. The lowest BCUT2D eigenvalue weighted by Gasteiger charge is -2.34. The maximum Gasteiger partial charge on any atom is 0.327 e. The molecular formula is C13H15FN4O4S. The SMILES string of the molecule is CC1(F)CCCN(S(=O)(=O)c2cnc3[nH]c(=O)[nH]c(=O)c3c2)C1.